The van der Waals surface area contributed by atoms with Crippen LogP contribution in [0, 0.1) is 11.3 Å². The van der Waals surface area contributed by atoms with Gasteiger partial charge in [0, 0.05) is 59.2 Å². The first-order valence-electron chi connectivity index (χ1n) is 12.4. The van der Waals surface area contributed by atoms with E-state index in [9.17, 15) is 0 Å². The highest BCUT2D eigenvalue weighted by molar-refractivity contribution is 6.76. The topological polar surface area (TPSA) is 75.7 Å². The summed E-state index contributed by atoms with van der Waals surface area (Å²) in [4.78, 5) is 7.04. The van der Waals surface area contributed by atoms with Crippen LogP contribution >= 0.6 is 0 Å². The highest BCUT2D eigenvalue weighted by Crippen LogP contribution is 2.38. The van der Waals surface area contributed by atoms with Gasteiger partial charge >= 0.3 is 0 Å². The second kappa shape index (κ2) is 11.6. The summed E-state index contributed by atoms with van der Waals surface area (Å²) in [6, 6.07) is 8.54. The Balaban J connectivity index is 1.81. The van der Waals surface area contributed by atoms with E-state index >= 15 is 0 Å². The minimum Gasteiger partial charge on any atom is -0.361 e. The summed E-state index contributed by atoms with van der Waals surface area (Å²) in [6.45, 7) is 16.6. The molecule has 0 spiro atoms. The maximum Gasteiger partial charge on any atom is 0.157 e. The number of nitrogens with zero attached hydrogens (tertiary/aromatic N) is 5. The van der Waals surface area contributed by atoms with Gasteiger partial charge in [-0.1, -0.05) is 44.9 Å². The smallest absolute Gasteiger partial charge is 0.157 e. The lowest BCUT2D eigenvalue weighted by Gasteiger charge is -2.27. The van der Waals surface area contributed by atoms with E-state index in [-0.39, 0.29) is 0 Å². The molecule has 1 fully saturated rings. The predicted octanol–water partition coefficient (Wildman–Crippen LogP) is 5.88. The van der Waals surface area contributed by atoms with Crippen molar-refractivity contribution in [3.63, 3.8) is 0 Å². The molecule has 2 aromatic rings. The van der Waals surface area contributed by atoms with Crippen LogP contribution in [0.5, 0.6) is 0 Å². The molecule has 186 valence electrons. The van der Waals surface area contributed by atoms with E-state index in [2.05, 4.69) is 61.4 Å². The number of hydrogen-bond acceptors (Lipinski definition) is 6. The number of aromatic nitrogens is 3. The van der Waals surface area contributed by atoms with Gasteiger partial charge < -0.3 is 14.4 Å². The lowest BCUT2D eigenvalue weighted by atomic mass is 10.0. The van der Waals surface area contributed by atoms with Crippen LogP contribution in [0.25, 0.3) is 5.65 Å². The Labute approximate surface area is 206 Å². The van der Waals surface area contributed by atoms with Gasteiger partial charge in [-0.2, -0.15) is 14.9 Å². The van der Waals surface area contributed by atoms with Crippen molar-refractivity contribution in [2.75, 3.05) is 31.6 Å². The molecule has 7 nitrogen and oxygen atoms in total. The van der Waals surface area contributed by atoms with Crippen LogP contribution < -0.4 is 4.90 Å². The van der Waals surface area contributed by atoms with Crippen LogP contribution in [0.1, 0.15) is 30.9 Å². The standard InChI is InChI=1S/C25H41N5O2Si2/c1-33(2,3)15-13-31-19-29(20-32-14-16-34(4,5)6)25-18-23(28-24-10-12-27-30(24)25)22-8-7-21(17-22)9-11-26/h9-10,12,18,22H,7-8,13-17,19-20H2,1-6H3. The van der Waals surface area contributed by atoms with Crippen LogP contribution in [0.15, 0.2) is 30.0 Å². The van der Waals surface area contributed by atoms with Crippen LogP contribution in [0.3, 0.4) is 0 Å². The van der Waals surface area contributed by atoms with Gasteiger partial charge in [0.05, 0.1) is 12.3 Å². The number of rotatable bonds is 12. The molecule has 1 saturated carbocycles. The molecule has 0 aromatic carbocycles. The average molecular weight is 500 g/mol. The molecule has 9 heteroatoms. The maximum absolute atomic E-state index is 9.04. The van der Waals surface area contributed by atoms with E-state index < -0.39 is 16.1 Å². The number of anilines is 1. The number of ether oxygens (including phenoxy) is 2. The van der Waals surface area contributed by atoms with Gasteiger partial charge in [-0.05, 0) is 31.4 Å². The molecular formula is C25H41N5O2Si2. The van der Waals surface area contributed by atoms with Crippen LogP contribution in [-0.4, -0.2) is 57.4 Å². The third-order valence-corrected chi connectivity index (χ3v) is 9.59. The van der Waals surface area contributed by atoms with E-state index in [0.717, 1.165) is 61.7 Å². The molecule has 1 aliphatic carbocycles. The van der Waals surface area contributed by atoms with Crippen molar-refractivity contribution in [3.05, 3.63) is 35.7 Å². The molecule has 0 N–H and O–H groups in total. The molecule has 1 aliphatic rings. The summed E-state index contributed by atoms with van der Waals surface area (Å²) >= 11 is 0. The Hall–Kier alpha value is -2.00. The quantitative estimate of drug-likeness (QED) is 0.157. The molecule has 1 unspecified atom stereocenters. The van der Waals surface area contributed by atoms with E-state index in [4.69, 9.17) is 19.7 Å². The lowest BCUT2D eigenvalue weighted by molar-refractivity contribution is 0.0942. The Bertz CT molecular complexity index is 995. The number of nitriles is 1. The summed E-state index contributed by atoms with van der Waals surface area (Å²) < 4.78 is 14.2. The molecule has 34 heavy (non-hydrogen) atoms. The average Bonchev–Trinajstić information content (AvgIpc) is 3.40. The third kappa shape index (κ3) is 8.05. The summed E-state index contributed by atoms with van der Waals surface area (Å²) in [5.41, 5.74) is 3.10. The molecule has 0 amide bonds. The Kier molecular flexibility index (Phi) is 9.10. The van der Waals surface area contributed by atoms with Crippen LogP contribution in [0.4, 0.5) is 5.82 Å². The molecule has 3 rings (SSSR count). The fraction of sp³-hybridized carbons (Fsp3) is 0.640. The lowest BCUT2D eigenvalue weighted by Crippen LogP contribution is -2.33. The Morgan fingerprint density at radius 2 is 1.76 bits per heavy atom. The van der Waals surface area contributed by atoms with Gasteiger partial charge in [0.2, 0.25) is 0 Å². The number of allylic oxidation sites excluding steroid dienone is 2. The summed E-state index contributed by atoms with van der Waals surface area (Å²) in [7, 11) is -2.32. The minimum atomic E-state index is -1.16. The van der Waals surface area contributed by atoms with Crippen molar-refractivity contribution in [2.24, 2.45) is 0 Å². The van der Waals surface area contributed by atoms with Crippen molar-refractivity contribution >= 4 is 27.6 Å². The predicted molar refractivity (Wildman–Crippen MR) is 144 cm³/mol. The van der Waals surface area contributed by atoms with Gasteiger partial charge in [0.25, 0.3) is 0 Å². The zero-order valence-corrected chi connectivity index (χ0v) is 23.8. The molecular weight excluding hydrogens is 458 g/mol. The zero-order valence-electron chi connectivity index (χ0n) is 21.8. The number of fused-ring (bicyclic) bond motifs is 1. The number of hydrogen-bond donors (Lipinski definition) is 0. The SMILES string of the molecule is C[Si](C)(C)CCOCN(COCC[Si](C)(C)C)c1cc(C2CCC(=CC#N)C2)nc2ccnn12. The summed E-state index contributed by atoms with van der Waals surface area (Å²) in [5.74, 6) is 1.27. The fourth-order valence-corrected chi connectivity index (χ4v) is 5.49. The van der Waals surface area contributed by atoms with Crippen LogP contribution in [0.2, 0.25) is 51.4 Å². The van der Waals surface area contributed by atoms with Crippen molar-refractivity contribution in [1.82, 2.24) is 14.6 Å². The highest BCUT2D eigenvalue weighted by Gasteiger charge is 2.25. The maximum atomic E-state index is 9.04. The second-order valence-corrected chi connectivity index (χ2v) is 23.0. The Morgan fingerprint density at radius 3 is 2.35 bits per heavy atom. The first-order chi connectivity index (χ1) is 16.1. The van der Waals surface area contributed by atoms with Crippen LogP contribution in [-0.2, 0) is 9.47 Å². The third-order valence-electron chi connectivity index (χ3n) is 6.18. The summed E-state index contributed by atoms with van der Waals surface area (Å²) in [6.07, 6.45) is 6.36. The molecule has 0 aliphatic heterocycles. The van der Waals surface area contributed by atoms with Crippen molar-refractivity contribution in [1.29, 1.82) is 5.26 Å². The first-order valence-corrected chi connectivity index (χ1v) is 19.8. The van der Waals surface area contributed by atoms with E-state index in [1.807, 2.05) is 10.6 Å². The van der Waals surface area contributed by atoms with E-state index in [0.29, 0.717) is 19.4 Å². The Morgan fingerprint density at radius 1 is 1.12 bits per heavy atom. The normalized spacial score (nSPS) is 18.0. The van der Waals surface area contributed by atoms with Gasteiger partial charge in [-0.3, -0.25) is 0 Å². The van der Waals surface area contributed by atoms with Crippen molar-refractivity contribution in [2.45, 2.75) is 76.6 Å². The van der Waals surface area contributed by atoms with Gasteiger partial charge in [0.15, 0.2) is 5.65 Å². The van der Waals surface area contributed by atoms with Gasteiger partial charge in [-0.25, -0.2) is 4.98 Å². The summed E-state index contributed by atoms with van der Waals surface area (Å²) in [5, 5.41) is 13.6. The largest absolute Gasteiger partial charge is 0.361 e. The first kappa shape index (κ1) is 26.6. The molecule has 1 atom stereocenters. The van der Waals surface area contributed by atoms with Gasteiger partial charge in [0.1, 0.15) is 19.3 Å². The minimum absolute atomic E-state index is 0.320. The molecule has 0 bridgehead atoms. The van der Waals surface area contributed by atoms with Gasteiger partial charge in [-0.15, -0.1) is 0 Å². The highest BCUT2D eigenvalue weighted by atomic mass is 28.3. The molecule has 2 aromatic heterocycles. The zero-order chi connectivity index (χ0) is 24.8. The van der Waals surface area contributed by atoms with E-state index in [1.54, 1.807) is 12.3 Å². The second-order valence-electron chi connectivity index (χ2n) is 11.7. The van der Waals surface area contributed by atoms with E-state index in [1.165, 1.54) is 5.57 Å². The fourth-order valence-electron chi connectivity index (χ4n) is 3.98. The molecule has 2 heterocycles. The van der Waals surface area contributed by atoms with Crippen molar-refractivity contribution in [3.8, 4) is 6.07 Å². The monoisotopic (exact) mass is 499 g/mol. The molecule has 0 saturated heterocycles. The van der Waals surface area contributed by atoms with Crippen molar-refractivity contribution < 1.29 is 9.47 Å². The molecule has 0 radical (unpaired) electrons.